The van der Waals surface area contributed by atoms with Crippen LogP contribution in [0.2, 0.25) is 0 Å². The summed E-state index contributed by atoms with van der Waals surface area (Å²) in [4.78, 5) is 27.2. The smallest absolute Gasteiger partial charge is 0.227 e. The maximum atomic E-state index is 12.1. The number of carboxylic acid groups (broad SMARTS) is 1. The van der Waals surface area contributed by atoms with Gasteiger partial charge in [-0.2, -0.15) is 0 Å². The fraction of sp³-hybridized carbons (Fsp3) is 0.167. The number of thiazole rings is 1. The second-order valence-corrected chi connectivity index (χ2v) is 6.48. The van der Waals surface area contributed by atoms with E-state index in [4.69, 9.17) is 0 Å². The molecule has 0 saturated heterocycles. The predicted molar refractivity (Wildman–Crippen MR) is 90.7 cm³/mol. The molecule has 0 radical (unpaired) electrons. The Balaban J connectivity index is 1.67. The lowest BCUT2D eigenvalue weighted by atomic mass is 10.0. The summed E-state index contributed by atoms with van der Waals surface area (Å²) >= 11 is 0.986. The largest absolute Gasteiger partial charge is 0.544 e. The molecule has 0 aliphatic heterocycles. The molecule has 0 spiro atoms. The van der Waals surface area contributed by atoms with Gasteiger partial charge in [0.15, 0.2) is 0 Å². The molecule has 0 unspecified atom stereocenters. The van der Waals surface area contributed by atoms with Crippen LogP contribution in [0.1, 0.15) is 25.9 Å². The number of hydrogen-bond acceptors (Lipinski definition) is 5. The Labute approximate surface area is 143 Å². The van der Waals surface area contributed by atoms with Crippen molar-refractivity contribution in [2.24, 2.45) is 0 Å². The molecule has 1 heterocycles. The molecule has 0 saturated carbocycles. The van der Waals surface area contributed by atoms with Crippen LogP contribution in [0.15, 0.2) is 42.5 Å². The third kappa shape index (κ3) is 3.44. The van der Waals surface area contributed by atoms with Gasteiger partial charge in [0.25, 0.3) is 0 Å². The Bertz CT molecular complexity index is 912. The predicted octanol–water partition coefficient (Wildman–Crippen LogP) is 1.83. The van der Waals surface area contributed by atoms with Crippen molar-refractivity contribution in [1.82, 2.24) is 10.3 Å². The minimum absolute atomic E-state index is 0.0591. The summed E-state index contributed by atoms with van der Waals surface area (Å²) in [5, 5.41) is 16.5. The minimum Gasteiger partial charge on any atom is -0.544 e. The zero-order chi connectivity index (χ0) is 17.1. The van der Waals surface area contributed by atoms with Gasteiger partial charge in [-0.05, 0) is 23.3 Å². The van der Waals surface area contributed by atoms with E-state index in [2.05, 4.69) is 10.3 Å². The summed E-state index contributed by atoms with van der Waals surface area (Å²) in [6, 6.07) is 14.0. The van der Waals surface area contributed by atoms with Gasteiger partial charge < -0.3 is 15.2 Å². The Hall–Kier alpha value is -2.73. The monoisotopic (exact) mass is 339 g/mol. The molecular formula is C18H15N2O3S-. The van der Waals surface area contributed by atoms with Crippen molar-refractivity contribution in [3.05, 3.63) is 63.6 Å². The second kappa shape index (κ2) is 6.80. The molecule has 2 aromatic carbocycles. The highest BCUT2D eigenvalue weighted by Gasteiger charge is 2.12. The molecule has 1 amide bonds. The third-order valence-electron chi connectivity index (χ3n) is 3.69. The number of hydrogen-bond donors (Lipinski definition) is 1. The molecule has 1 aromatic heterocycles. The number of aromatic nitrogens is 1. The maximum absolute atomic E-state index is 12.1. The molecular weight excluding hydrogens is 324 g/mol. The number of carbonyl (C=O) groups is 2. The Morgan fingerprint density at radius 3 is 2.67 bits per heavy atom. The van der Waals surface area contributed by atoms with Crippen molar-refractivity contribution in [1.29, 1.82) is 0 Å². The van der Waals surface area contributed by atoms with Gasteiger partial charge in [-0.25, -0.2) is 4.98 Å². The molecule has 0 fully saturated rings. The van der Waals surface area contributed by atoms with Crippen LogP contribution in [0.5, 0.6) is 0 Å². The number of rotatable bonds is 5. The second-order valence-electron chi connectivity index (χ2n) is 5.40. The summed E-state index contributed by atoms with van der Waals surface area (Å²) < 4.78 is 0. The Kier molecular flexibility index (Phi) is 4.57. The lowest BCUT2D eigenvalue weighted by molar-refractivity contribution is -0.254. The van der Waals surface area contributed by atoms with Gasteiger partial charge >= 0.3 is 0 Å². The summed E-state index contributed by atoms with van der Waals surface area (Å²) in [5.41, 5.74) is 1.42. The van der Waals surface area contributed by atoms with Crippen LogP contribution in [0.25, 0.3) is 10.8 Å². The van der Waals surface area contributed by atoms with Crippen LogP contribution in [0, 0.1) is 6.92 Å². The first-order valence-electron chi connectivity index (χ1n) is 7.45. The zero-order valence-electron chi connectivity index (χ0n) is 13.0. The number of aromatic carboxylic acids is 1. The van der Waals surface area contributed by atoms with Crippen LogP contribution in [0.4, 0.5) is 0 Å². The summed E-state index contributed by atoms with van der Waals surface area (Å²) in [6.45, 7) is 2.01. The van der Waals surface area contributed by atoms with E-state index >= 15 is 0 Å². The number of aryl methyl sites for hydroxylation is 1. The number of nitrogens with zero attached hydrogens (tertiary/aromatic N) is 1. The van der Waals surface area contributed by atoms with Gasteiger partial charge in [-0.15, -0.1) is 11.3 Å². The molecule has 3 rings (SSSR count). The standard InChI is InChI=1S/C18H16N2O3S/c1-11-17(18(22)23)24-16(20-11)9-15(21)19-10-13-7-4-6-12-5-2-3-8-14(12)13/h2-8H,9-10H2,1H3,(H,19,21)(H,22,23)/p-1. The van der Waals surface area contributed by atoms with E-state index in [0.29, 0.717) is 17.2 Å². The first kappa shape index (κ1) is 16.1. The zero-order valence-corrected chi connectivity index (χ0v) is 13.9. The van der Waals surface area contributed by atoms with E-state index in [1.165, 1.54) is 0 Å². The number of amides is 1. The lowest BCUT2D eigenvalue weighted by Gasteiger charge is -2.08. The molecule has 5 nitrogen and oxygen atoms in total. The normalized spacial score (nSPS) is 10.7. The van der Waals surface area contributed by atoms with Crippen molar-refractivity contribution >= 4 is 34.0 Å². The first-order chi connectivity index (χ1) is 11.5. The molecule has 0 atom stereocenters. The van der Waals surface area contributed by atoms with Gasteiger partial charge in [0.1, 0.15) is 5.01 Å². The molecule has 3 aromatic rings. The lowest BCUT2D eigenvalue weighted by Crippen LogP contribution is -2.24. The SMILES string of the molecule is Cc1nc(CC(=O)NCc2cccc3ccccc23)sc1C(=O)[O-]. The summed E-state index contributed by atoms with van der Waals surface area (Å²) in [6.07, 6.45) is 0.0591. The fourth-order valence-corrected chi connectivity index (χ4v) is 3.46. The average molecular weight is 339 g/mol. The van der Waals surface area contributed by atoms with Crippen LogP contribution in [0.3, 0.4) is 0 Å². The maximum Gasteiger partial charge on any atom is 0.227 e. The fourth-order valence-electron chi connectivity index (χ4n) is 2.56. The topological polar surface area (TPSA) is 82.1 Å². The van der Waals surface area contributed by atoms with Crippen molar-refractivity contribution in [3.63, 3.8) is 0 Å². The van der Waals surface area contributed by atoms with Crippen molar-refractivity contribution in [2.75, 3.05) is 0 Å². The number of carboxylic acids is 1. The molecule has 0 aliphatic carbocycles. The van der Waals surface area contributed by atoms with Crippen LogP contribution in [-0.2, 0) is 17.8 Å². The van der Waals surface area contributed by atoms with E-state index in [-0.39, 0.29) is 17.2 Å². The summed E-state index contributed by atoms with van der Waals surface area (Å²) in [5.74, 6) is -1.45. The highest BCUT2D eigenvalue weighted by molar-refractivity contribution is 7.13. The van der Waals surface area contributed by atoms with Crippen molar-refractivity contribution in [2.45, 2.75) is 19.9 Å². The first-order valence-corrected chi connectivity index (χ1v) is 8.27. The average Bonchev–Trinajstić information content (AvgIpc) is 2.93. The van der Waals surface area contributed by atoms with E-state index in [1.54, 1.807) is 6.92 Å². The number of carbonyl (C=O) groups excluding carboxylic acids is 2. The van der Waals surface area contributed by atoms with E-state index in [1.807, 2.05) is 42.5 Å². The highest BCUT2D eigenvalue weighted by Crippen LogP contribution is 2.19. The van der Waals surface area contributed by atoms with Gasteiger partial charge in [-0.1, -0.05) is 42.5 Å². The molecule has 0 bridgehead atoms. The van der Waals surface area contributed by atoms with Crippen molar-refractivity contribution < 1.29 is 14.7 Å². The van der Waals surface area contributed by atoms with E-state index in [0.717, 1.165) is 27.7 Å². The molecule has 1 N–H and O–H groups in total. The third-order valence-corrected chi connectivity index (χ3v) is 4.83. The van der Waals surface area contributed by atoms with Gasteiger partial charge in [0, 0.05) is 6.54 Å². The van der Waals surface area contributed by atoms with Crippen LogP contribution >= 0.6 is 11.3 Å². The number of nitrogens with one attached hydrogen (secondary N) is 1. The van der Waals surface area contributed by atoms with Crippen LogP contribution in [-0.4, -0.2) is 16.9 Å². The number of benzene rings is 2. The molecule has 6 heteroatoms. The quantitative estimate of drug-likeness (QED) is 0.769. The van der Waals surface area contributed by atoms with Gasteiger partial charge in [-0.3, -0.25) is 4.79 Å². The van der Waals surface area contributed by atoms with Gasteiger partial charge in [0.05, 0.1) is 23.0 Å². The van der Waals surface area contributed by atoms with Crippen LogP contribution < -0.4 is 10.4 Å². The van der Waals surface area contributed by atoms with E-state index < -0.39 is 5.97 Å². The molecule has 122 valence electrons. The Morgan fingerprint density at radius 2 is 1.92 bits per heavy atom. The van der Waals surface area contributed by atoms with E-state index in [9.17, 15) is 14.7 Å². The summed E-state index contributed by atoms with van der Waals surface area (Å²) in [7, 11) is 0. The molecule has 0 aliphatic rings. The highest BCUT2D eigenvalue weighted by atomic mass is 32.1. The van der Waals surface area contributed by atoms with Crippen molar-refractivity contribution in [3.8, 4) is 0 Å². The van der Waals surface area contributed by atoms with Gasteiger partial charge in [0.2, 0.25) is 5.91 Å². The molecule has 24 heavy (non-hydrogen) atoms. The minimum atomic E-state index is -1.26. The Morgan fingerprint density at radius 1 is 1.17 bits per heavy atom. The number of fused-ring (bicyclic) bond motifs is 1.